The summed E-state index contributed by atoms with van der Waals surface area (Å²) in [6.07, 6.45) is 18.1. The summed E-state index contributed by atoms with van der Waals surface area (Å²) in [7, 11) is -4.42. The van der Waals surface area contributed by atoms with Crippen LogP contribution in [-0.4, -0.2) is 29.4 Å². The van der Waals surface area contributed by atoms with Crippen molar-refractivity contribution in [1.82, 2.24) is 0 Å². The molecule has 0 aromatic carbocycles. The Morgan fingerprint density at radius 2 is 0.964 bits per heavy atom. The molecule has 4 nitrogen and oxygen atoms in total. The quantitative estimate of drug-likeness (QED) is 0.177. The maximum absolute atomic E-state index is 11.5. The monoisotopic (exact) mass is 444 g/mol. The van der Waals surface area contributed by atoms with Crippen LogP contribution in [0.2, 0.25) is 0 Å². The number of hydrogen-bond donors (Lipinski definition) is 1. The number of aliphatic hydroxyl groups is 1. The van der Waals surface area contributed by atoms with E-state index in [1.807, 2.05) is 0 Å². The van der Waals surface area contributed by atoms with Crippen LogP contribution in [-0.2, 0) is 10.1 Å². The Kier molecular flexibility index (Phi) is 24.6. The molecule has 0 aliphatic heterocycles. The zero-order valence-electron chi connectivity index (χ0n) is 19.0. The van der Waals surface area contributed by atoms with Crippen LogP contribution in [0.3, 0.4) is 0 Å². The molecule has 1 N–H and O–H groups in total. The summed E-state index contributed by atoms with van der Waals surface area (Å²) in [5, 5.41) is 9.09. The molecule has 2 atom stereocenters. The maximum Gasteiger partial charge on any atom is 1.00 e. The van der Waals surface area contributed by atoms with Crippen molar-refractivity contribution in [1.29, 1.82) is 0 Å². The van der Waals surface area contributed by atoms with E-state index in [2.05, 4.69) is 13.8 Å². The Morgan fingerprint density at radius 1 is 0.643 bits per heavy atom. The van der Waals surface area contributed by atoms with Crippen LogP contribution < -0.4 is 51.4 Å². The van der Waals surface area contributed by atoms with Gasteiger partial charge in [-0.2, -0.15) is 0 Å². The SMILES string of the molecule is CCCCCCCCCCCCCC(O)C(CCCCCCC)S(=O)(=O)[O-].[K+]. The second-order valence-electron chi connectivity index (χ2n) is 8.13. The third kappa shape index (κ3) is 19.5. The standard InChI is InChI=1S/C22H46O4S.K/c1-3-5-7-9-10-11-12-13-14-16-17-19-21(23)22(27(24,25)26)20-18-15-8-6-4-2;/h21-23H,3-20H2,1-2H3,(H,24,25,26);/q;+1/p-1. The van der Waals surface area contributed by atoms with Crippen LogP contribution in [0.25, 0.3) is 0 Å². The van der Waals surface area contributed by atoms with E-state index < -0.39 is 21.5 Å². The second-order valence-corrected chi connectivity index (χ2v) is 9.72. The van der Waals surface area contributed by atoms with E-state index in [0.717, 1.165) is 44.9 Å². The van der Waals surface area contributed by atoms with Crippen LogP contribution in [0, 0.1) is 0 Å². The van der Waals surface area contributed by atoms with Gasteiger partial charge in [0.2, 0.25) is 0 Å². The summed E-state index contributed by atoms with van der Waals surface area (Å²) in [5.74, 6) is 0. The molecule has 0 fully saturated rings. The molecule has 164 valence electrons. The van der Waals surface area contributed by atoms with Crippen molar-refractivity contribution in [2.75, 3.05) is 0 Å². The predicted molar refractivity (Wildman–Crippen MR) is 114 cm³/mol. The summed E-state index contributed by atoms with van der Waals surface area (Å²) >= 11 is 0. The molecule has 0 aliphatic carbocycles. The van der Waals surface area contributed by atoms with Crippen LogP contribution >= 0.6 is 0 Å². The minimum absolute atomic E-state index is 0. The summed E-state index contributed by atoms with van der Waals surface area (Å²) in [6.45, 7) is 4.36. The smallest absolute Gasteiger partial charge is 0.748 e. The third-order valence-corrected chi connectivity index (χ3v) is 6.79. The maximum atomic E-state index is 11.5. The first kappa shape index (κ1) is 31.7. The van der Waals surface area contributed by atoms with E-state index in [4.69, 9.17) is 0 Å². The van der Waals surface area contributed by atoms with Gasteiger partial charge in [-0.15, -0.1) is 0 Å². The average molecular weight is 445 g/mol. The van der Waals surface area contributed by atoms with E-state index in [1.54, 1.807) is 0 Å². The van der Waals surface area contributed by atoms with Crippen LogP contribution in [0.4, 0.5) is 0 Å². The van der Waals surface area contributed by atoms with Crippen molar-refractivity contribution in [3.63, 3.8) is 0 Å². The van der Waals surface area contributed by atoms with Gasteiger partial charge in [0.05, 0.1) is 11.4 Å². The molecule has 0 saturated carbocycles. The first-order valence-electron chi connectivity index (χ1n) is 11.6. The van der Waals surface area contributed by atoms with Gasteiger partial charge in [-0.05, 0) is 12.8 Å². The van der Waals surface area contributed by atoms with Gasteiger partial charge in [0.25, 0.3) is 0 Å². The van der Waals surface area contributed by atoms with Crippen molar-refractivity contribution >= 4 is 10.1 Å². The molecule has 0 radical (unpaired) electrons. The zero-order valence-corrected chi connectivity index (χ0v) is 22.9. The topological polar surface area (TPSA) is 77.4 Å². The molecule has 0 aromatic rings. The molecule has 0 spiro atoms. The molecule has 0 heterocycles. The van der Waals surface area contributed by atoms with Gasteiger partial charge in [-0.25, -0.2) is 8.42 Å². The summed E-state index contributed by atoms with van der Waals surface area (Å²) < 4.78 is 34.4. The van der Waals surface area contributed by atoms with Gasteiger partial charge < -0.3 is 9.66 Å². The molecule has 0 bridgehead atoms. The molecule has 0 amide bonds. The largest absolute Gasteiger partial charge is 1.00 e. The third-order valence-electron chi connectivity index (χ3n) is 5.50. The predicted octanol–water partition coefficient (Wildman–Crippen LogP) is 3.33. The fourth-order valence-electron chi connectivity index (χ4n) is 3.68. The van der Waals surface area contributed by atoms with Gasteiger partial charge in [0.1, 0.15) is 10.1 Å². The van der Waals surface area contributed by atoms with Crippen molar-refractivity contribution in [2.24, 2.45) is 0 Å². The Labute approximate surface area is 218 Å². The van der Waals surface area contributed by atoms with Crippen LogP contribution in [0.15, 0.2) is 0 Å². The normalized spacial score (nSPS) is 13.9. The summed E-state index contributed by atoms with van der Waals surface area (Å²) in [4.78, 5) is 0. The van der Waals surface area contributed by atoms with E-state index in [1.165, 1.54) is 51.4 Å². The Morgan fingerprint density at radius 3 is 1.32 bits per heavy atom. The average Bonchev–Trinajstić information content (AvgIpc) is 2.61. The Balaban J connectivity index is 0. The molecule has 0 saturated heterocycles. The number of hydrogen-bond acceptors (Lipinski definition) is 4. The van der Waals surface area contributed by atoms with Crippen molar-refractivity contribution in [3.05, 3.63) is 0 Å². The number of unbranched alkanes of at least 4 members (excludes halogenated alkanes) is 14. The molecule has 0 rings (SSSR count). The molecule has 6 heteroatoms. The van der Waals surface area contributed by atoms with Gasteiger partial charge in [0.15, 0.2) is 0 Å². The van der Waals surface area contributed by atoms with E-state index in [0.29, 0.717) is 19.3 Å². The van der Waals surface area contributed by atoms with E-state index >= 15 is 0 Å². The minimum Gasteiger partial charge on any atom is -0.748 e. The minimum atomic E-state index is -4.42. The zero-order chi connectivity index (χ0) is 20.4. The number of rotatable bonds is 20. The fourth-order valence-corrected chi connectivity index (χ4v) is 4.66. The van der Waals surface area contributed by atoms with Gasteiger partial charge >= 0.3 is 51.4 Å². The summed E-state index contributed by atoms with van der Waals surface area (Å²) in [6, 6.07) is 0. The first-order valence-corrected chi connectivity index (χ1v) is 13.0. The molecule has 0 aromatic heterocycles. The van der Waals surface area contributed by atoms with Crippen LogP contribution in [0.1, 0.15) is 129 Å². The first-order chi connectivity index (χ1) is 12.9. The second kappa shape index (κ2) is 21.7. The van der Waals surface area contributed by atoms with Crippen molar-refractivity contribution < 1.29 is 69.5 Å². The molecular formula is C22H45KO4S. The fraction of sp³-hybridized carbons (Fsp3) is 1.00. The van der Waals surface area contributed by atoms with E-state index in [9.17, 15) is 18.1 Å². The van der Waals surface area contributed by atoms with Crippen molar-refractivity contribution in [2.45, 2.75) is 141 Å². The number of aliphatic hydroxyl groups excluding tert-OH is 1. The Hall–Kier alpha value is 1.51. The Bertz CT molecular complexity index is 415. The summed E-state index contributed by atoms with van der Waals surface area (Å²) in [5.41, 5.74) is 0. The van der Waals surface area contributed by atoms with Gasteiger partial charge in [-0.3, -0.25) is 0 Å². The van der Waals surface area contributed by atoms with Gasteiger partial charge in [0, 0.05) is 0 Å². The molecule has 2 unspecified atom stereocenters. The van der Waals surface area contributed by atoms with Crippen LogP contribution in [0.5, 0.6) is 0 Å². The van der Waals surface area contributed by atoms with E-state index in [-0.39, 0.29) is 51.4 Å². The molecular weight excluding hydrogens is 399 g/mol. The van der Waals surface area contributed by atoms with Gasteiger partial charge in [-0.1, -0.05) is 117 Å². The molecule has 0 aliphatic rings. The molecule has 28 heavy (non-hydrogen) atoms. The van der Waals surface area contributed by atoms with Crippen molar-refractivity contribution in [3.8, 4) is 0 Å².